The first-order chi connectivity index (χ1) is 8.01. The fourth-order valence-electron chi connectivity index (χ4n) is 2.08. The second-order valence-electron chi connectivity index (χ2n) is 4.62. The lowest BCUT2D eigenvalue weighted by molar-refractivity contribution is 0.0871. The summed E-state index contributed by atoms with van der Waals surface area (Å²) in [7, 11) is 1.64. The predicted molar refractivity (Wildman–Crippen MR) is 68.3 cm³/mol. The lowest BCUT2D eigenvalue weighted by atomic mass is 10.0. The quantitative estimate of drug-likeness (QED) is 0.858. The summed E-state index contributed by atoms with van der Waals surface area (Å²) in [5.41, 5.74) is 1.53. The lowest BCUT2D eigenvalue weighted by Gasteiger charge is -2.16. The number of aromatic amines is 1. The van der Waals surface area contributed by atoms with Gasteiger partial charge in [-0.25, -0.2) is 4.98 Å². The van der Waals surface area contributed by atoms with E-state index >= 15 is 0 Å². The zero-order valence-electron chi connectivity index (χ0n) is 11.3. The first kappa shape index (κ1) is 13.9. The second kappa shape index (κ2) is 5.96. The largest absolute Gasteiger partial charge is 0.374 e. The van der Waals surface area contributed by atoms with Gasteiger partial charge in [0, 0.05) is 18.4 Å². The maximum Gasteiger partial charge on any atom is 0.254 e. The monoisotopic (exact) mass is 238 g/mol. The summed E-state index contributed by atoms with van der Waals surface area (Å²) in [4.78, 5) is 19.3. The van der Waals surface area contributed by atoms with Crippen molar-refractivity contribution in [1.82, 2.24) is 9.97 Å². The van der Waals surface area contributed by atoms with Crippen molar-refractivity contribution in [3.05, 3.63) is 27.4 Å². The van der Waals surface area contributed by atoms with E-state index in [9.17, 15) is 4.79 Å². The molecular formula is C13H22N2O2. The molecule has 0 fully saturated rings. The highest BCUT2D eigenvalue weighted by molar-refractivity contribution is 5.20. The average Bonchev–Trinajstić information content (AvgIpc) is 2.24. The molecule has 17 heavy (non-hydrogen) atoms. The van der Waals surface area contributed by atoms with E-state index < -0.39 is 0 Å². The summed E-state index contributed by atoms with van der Waals surface area (Å²) in [6.07, 6.45) is 1.74. The van der Waals surface area contributed by atoms with Gasteiger partial charge in [0.25, 0.3) is 5.56 Å². The van der Waals surface area contributed by atoms with Crippen molar-refractivity contribution >= 4 is 0 Å². The van der Waals surface area contributed by atoms with Crippen LogP contribution >= 0.6 is 0 Å². The molecule has 1 rings (SSSR count). The number of rotatable bonds is 5. The van der Waals surface area contributed by atoms with Crippen LogP contribution in [0.4, 0.5) is 0 Å². The Bertz CT molecular complexity index is 424. The number of aromatic nitrogens is 2. The van der Waals surface area contributed by atoms with Crippen LogP contribution in [0.3, 0.4) is 0 Å². The van der Waals surface area contributed by atoms with Gasteiger partial charge >= 0.3 is 0 Å². The third kappa shape index (κ3) is 3.16. The fourth-order valence-corrected chi connectivity index (χ4v) is 2.08. The zero-order chi connectivity index (χ0) is 13.0. The highest BCUT2D eigenvalue weighted by atomic mass is 16.5. The number of H-pyrrole nitrogens is 1. The summed E-state index contributed by atoms with van der Waals surface area (Å²) in [6, 6.07) is 0. The number of nitrogens with one attached hydrogen (secondary N) is 1. The molecule has 1 aromatic heterocycles. The Kier molecular flexibility index (Phi) is 4.87. The molecule has 1 heterocycles. The Labute approximate surface area is 102 Å². The van der Waals surface area contributed by atoms with Crippen LogP contribution in [0.5, 0.6) is 0 Å². The van der Waals surface area contributed by atoms with Crippen LogP contribution < -0.4 is 5.56 Å². The lowest BCUT2D eigenvalue weighted by Crippen LogP contribution is -2.22. The van der Waals surface area contributed by atoms with E-state index in [2.05, 4.69) is 16.9 Å². The number of hydrogen-bond acceptors (Lipinski definition) is 3. The minimum Gasteiger partial charge on any atom is -0.374 e. The number of nitrogens with zero attached hydrogens (tertiary/aromatic N) is 1. The molecule has 0 aliphatic carbocycles. The molecule has 0 saturated carbocycles. The molecular weight excluding hydrogens is 216 g/mol. The molecule has 0 aromatic carbocycles. The van der Waals surface area contributed by atoms with Crippen molar-refractivity contribution in [2.75, 3.05) is 7.11 Å². The van der Waals surface area contributed by atoms with Crippen molar-refractivity contribution in [2.24, 2.45) is 0 Å². The van der Waals surface area contributed by atoms with Crippen molar-refractivity contribution < 1.29 is 4.74 Å². The van der Waals surface area contributed by atoms with Gasteiger partial charge in [0.1, 0.15) is 11.9 Å². The molecule has 0 saturated heterocycles. The van der Waals surface area contributed by atoms with Gasteiger partial charge in [-0.1, -0.05) is 27.2 Å². The van der Waals surface area contributed by atoms with E-state index in [1.807, 2.05) is 20.8 Å². The highest BCUT2D eigenvalue weighted by Crippen LogP contribution is 2.19. The van der Waals surface area contributed by atoms with E-state index in [-0.39, 0.29) is 17.6 Å². The Balaban J connectivity index is 3.17. The van der Waals surface area contributed by atoms with Gasteiger partial charge in [-0.3, -0.25) is 4.79 Å². The summed E-state index contributed by atoms with van der Waals surface area (Å²) < 4.78 is 5.35. The molecule has 1 unspecified atom stereocenters. The van der Waals surface area contributed by atoms with Crippen molar-refractivity contribution in [2.45, 2.75) is 52.6 Å². The summed E-state index contributed by atoms with van der Waals surface area (Å²) in [6.45, 7) is 7.96. The molecule has 1 aromatic rings. The predicted octanol–water partition coefficient (Wildman–Crippen LogP) is 2.69. The topological polar surface area (TPSA) is 55.0 Å². The highest BCUT2D eigenvalue weighted by Gasteiger charge is 2.16. The molecule has 0 bridgehead atoms. The van der Waals surface area contributed by atoms with E-state index in [1.54, 1.807) is 7.11 Å². The van der Waals surface area contributed by atoms with Crippen LogP contribution in [-0.4, -0.2) is 17.1 Å². The van der Waals surface area contributed by atoms with Crippen molar-refractivity contribution in [3.63, 3.8) is 0 Å². The first-order valence-electron chi connectivity index (χ1n) is 6.14. The van der Waals surface area contributed by atoms with E-state index in [0.717, 1.165) is 24.1 Å². The Morgan fingerprint density at radius 3 is 2.47 bits per heavy atom. The van der Waals surface area contributed by atoms with Gasteiger partial charge in [-0.2, -0.15) is 0 Å². The van der Waals surface area contributed by atoms with E-state index in [1.165, 1.54) is 0 Å². The van der Waals surface area contributed by atoms with Crippen LogP contribution in [0, 0.1) is 6.92 Å². The molecule has 96 valence electrons. The van der Waals surface area contributed by atoms with Crippen molar-refractivity contribution in [1.29, 1.82) is 0 Å². The first-order valence-corrected chi connectivity index (χ1v) is 6.14. The van der Waals surface area contributed by atoms with Crippen LogP contribution in [0.1, 0.15) is 62.7 Å². The smallest absolute Gasteiger partial charge is 0.254 e. The third-order valence-electron chi connectivity index (χ3n) is 2.88. The molecule has 4 nitrogen and oxygen atoms in total. The SMILES string of the molecule is CCCC(OC)c1nc(C)c(C(C)C)c(=O)[nH]1. The van der Waals surface area contributed by atoms with Gasteiger partial charge in [0.2, 0.25) is 0 Å². The second-order valence-corrected chi connectivity index (χ2v) is 4.62. The fraction of sp³-hybridized carbons (Fsp3) is 0.692. The van der Waals surface area contributed by atoms with E-state index in [4.69, 9.17) is 4.74 Å². The van der Waals surface area contributed by atoms with Crippen LogP contribution in [0.25, 0.3) is 0 Å². The molecule has 0 aliphatic heterocycles. The minimum absolute atomic E-state index is 0.0411. The average molecular weight is 238 g/mol. The van der Waals surface area contributed by atoms with Crippen LogP contribution in [-0.2, 0) is 4.74 Å². The Morgan fingerprint density at radius 1 is 1.41 bits per heavy atom. The summed E-state index contributed by atoms with van der Waals surface area (Å²) >= 11 is 0. The molecule has 0 aliphatic rings. The number of hydrogen-bond donors (Lipinski definition) is 1. The molecule has 1 N–H and O–H groups in total. The summed E-state index contributed by atoms with van der Waals surface area (Å²) in [5, 5.41) is 0. The standard InChI is InChI=1S/C13H22N2O2/c1-6-7-10(17-5)12-14-9(4)11(8(2)3)13(16)15-12/h8,10H,6-7H2,1-5H3,(H,14,15,16). The maximum atomic E-state index is 12.0. The molecule has 0 radical (unpaired) electrons. The molecule has 0 spiro atoms. The Morgan fingerprint density at radius 2 is 2.06 bits per heavy atom. The number of ether oxygens (including phenoxy) is 1. The van der Waals surface area contributed by atoms with Gasteiger partial charge in [-0.05, 0) is 19.3 Å². The normalized spacial score (nSPS) is 13.1. The van der Waals surface area contributed by atoms with E-state index in [0.29, 0.717) is 5.82 Å². The number of methoxy groups -OCH3 is 1. The van der Waals surface area contributed by atoms with Crippen LogP contribution in [0.15, 0.2) is 4.79 Å². The molecule has 4 heteroatoms. The summed E-state index contributed by atoms with van der Waals surface area (Å²) in [5.74, 6) is 0.828. The Hall–Kier alpha value is -1.16. The van der Waals surface area contributed by atoms with Gasteiger partial charge in [-0.15, -0.1) is 0 Å². The third-order valence-corrected chi connectivity index (χ3v) is 2.88. The minimum atomic E-state index is -0.118. The zero-order valence-corrected chi connectivity index (χ0v) is 11.3. The molecule has 0 amide bonds. The van der Waals surface area contributed by atoms with Gasteiger partial charge in [0.05, 0.1) is 0 Å². The number of aryl methyl sites for hydroxylation is 1. The van der Waals surface area contributed by atoms with Gasteiger partial charge in [0.15, 0.2) is 0 Å². The van der Waals surface area contributed by atoms with Crippen molar-refractivity contribution in [3.8, 4) is 0 Å². The van der Waals surface area contributed by atoms with Gasteiger partial charge < -0.3 is 9.72 Å². The van der Waals surface area contributed by atoms with Crippen LogP contribution in [0.2, 0.25) is 0 Å². The molecule has 1 atom stereocenters. The maximum absolute atomic E-state index is 12.0.